The Hall–Kier alpha value is -1.67. The van der Waals surface area contributed by atoms with E-state index in [0.717, 1.165) is 19.3 Å². The van der Waals surface area contributed by atoms with E-state index in [1.165, 1.54) is 13.2 Å². The standard InChI is InChI=1S/C45H78O11/c1-9-34-14-12-10-11-13-15-37(48)32(6)38(49)25-35(53-8)26-39(50)33(7)44(52)29(3)16-21-43(51)54-42-27-45(23-22-28(2)41(56-45)24-31(5)47)55-40(20-18-34)36(42)19-17-30(4)46/h10-12,14,16,21,28-42,44,46-50,52H,9,13,15,17-20,22-27H2,1-8H3/b11-10-,14-12-,21-16-/t28-,29-,30+,31+,32+,33-,34-,35+,36+,37+,38-,39+,40-,41-,42-,44+,45-/m0/s1. The van der Waals surface area contributed by atoms with Crippen molar-refractivity contribution < 1.29 is 54.4 Å². The largest absolute Gasteiger partial charge is 0.459 e. The minimum Gasteiger partial charge on any atom is -0.459 e. The highest BCUT2D eigenvalue weighted by Crippen LogP contribution is 2.47. The van der Waals surface area contributed by atoms with Crippen molar-refractivity contribution >= 4 is 5.97 Å². The van der Waals surface area contributed by atoms with Gasteiger partial charge in [-0.2, -0.15) is 0 Å². The summed E-state index contributed by atoms with van der Waals surface area (Å²) in [6.45, 7) is 13.2. The van der Waals surface area contributed by atoms with Crippen LogP contribution in [0.4, 0.5) is 0 Å². The van der Waals surface area contributed by atoms with Gasteiger partial charge < -0.3 is 49.6 Å². The molecule has 11 nitrogen and oxygen atoms in total. The van der Waals surface area contributed by atoms with Crippen molar-refractivity contribution in [2.45, 2.75) is 199 Å². The summed E-state index contributed by atoms with van der Waals surface area (Å²) in [5, 5.41) is 64.9. The second-order valence-corrected chi connectivity index (χ2v) is 17.7. The maximum atomic E-state index is 13.6. The van der Waals surface area contributed by atoms with Crippen molar-refractivity contribution in [3.63, 3.8) is 0 Å². The first kappa shape index (κ1) is 48.7. The summed E-state index contributed by atoms with van der Waals surface area (Å²) in [4.78, 5) is 13.6. The molecule has 0 radical (unpaired) electrons. The van der Waals surface area contributed by atoms with E-state index in [1.807, 2.05) is 25.2 Å². The van der Waals surface area contributed by atoms with Gasteiger partial charge in [0.05, 0.1) is 54.9 Å². The van der Waals surface area contributed by atoms with E-state index in [1.54, 1.807) is 33.8 Å². The molecule has 3 rings (SSSR count). The molecule has 0 amide bonds. The first-order valence-corrected chi connectivity index (χ1v) is 21.7. The fourth-order valence-corrected chi connectivity index (χ4v) is 8.75. The molecule has 56 heavy (non-hydrogen) atoms. The quantitative estimate of drug-likeness (QED) is 0.163. The van der Waals surface area contributed by atoms with E-state index in [-0.39, 0.29) is 42.8 Å². The van der Waals surface area contributed by atoms with Gasteiger partial charge in [-0.25, -0.2) is 4.79 Å². The lowest BCUT2D eigenvalue weighted by Crippen LogP contribution is -2.58. The van der Waals surface area contributed by atoms with Crippen LogP contribution < -0.4 is 0 Å². The molecule has 3 aliphatic rings. The first-order chi connectivity index (χ1) is 26.5. The number of esters is 1. The van der Waals surface area contributed by atoms with Gasteiger partial charge in [0.15, 0.2) is 5.79 Å². The number of rotatable bonds is 7. The zero-order chi connectivity index (χ0) is 41.6. The minimum atomic E-state index is -0.984. The Morgan fingerprint density at radius 3 is 2.20 bits per heavy atom. The lowest BCUT2D eigenvalue weighted by molar-refractivity contribution is -0.349. The van der Waals surface area contributed by atoms with E-state index in [9.17, 15) is 35.4 Å². The molecule has 0 aromatic heterocycles. The van der Waals surface area contributed by atoms with Crippen LogP contribution in [0.15, 0.2) is 36.5 Å². The van der Waals surface area contributed by atoms with Gasteiger partial charge in [-0.05, 0) is 96.3 Å². The van der Waals surface area contributed by atoms with Gasteiger partial charge in [0.2, 0.25) is 0 Å². The number of methoxy groups -OCH3 is 1. The number of hydrogen-bond donors (Lipinski definition) is 6. The van der Waals surface area contributed by atoms with Gasteiger partial charge in [0.1, 0.15) is 6.10 Å². The SMILES string of the molecule is CC[C@H]1/C=C\C=C/CC[C@@H](O)[C@@H](C)[C@@H](O)C[C@@H](OC)C[C@@H](O)[C@H](C)[C@H](O)[C@@H](C)/C=C\C(=O)O[C@H]2C[C@@]3(CC[C@H](C)[C@H](C[C@@H](C)O)O3)O[C@@H](CC1)[C@H]2CC[C@@H](C)O. The van der Waals surface area contributed by atoms with E-state index >= 15 is 0 Å². The Labute approximate surface area is 337 Å². The number of fused-ring (bicyclic) bond motifs is 2. The molecule has 0 aliphatic carbocycles. The van der Waals surface area contributed by atoms with Crippen LogP contribution in [0.3, 0.4) is 0 Å². The van der Waals surface area contributed by atoms with Crippen molar-refractivity contribution in [3.05, 3.63) is 36.5 Å². The first-order valence-electron chi connectivity index (χ1n) is 21.7. The Bertz CT molecular complexity index is 1220. The van der Waals surface area contributed by atoms with Crippen LogP contribution in [0.1, 0.15) is 132 Å². The lowest BCUT2D eigenvalue weighted by Gasteiger charge is -2.52. The van der Waals surface area contributed by atoms with E-state index < -0.39 is 78.3 Å². The smallest absolute Gasteiger partial charge is 0.330 e. The summed E-state index contributed by atoms with van der Waals surface area (Å²) in [6, 6.07) is 0. The molecular weight excluding hydrogens is 716 g/mol. The maximum Gasteiger partial charge on any atom is 0.330 e. The third-order valence-electron chi connectivity index (χ3n) is 13.0. The molecule has 2 fully saturated rings. The van der Waals surface area contributed by atoms with Crippen molar-refractivity contribution in [2.24, 2.45) is 35.5 Å². The number of carbonyl (C=O) groups excluding carboxylic acids is 1. The molecule has 3 heterocycles. The number of aliphatic hydroxyl groups excluding tert-OH is 6. The Kier molecular flexibility index (Phi) is 20.7. The maximum absolute atomic E-state index is 13.6. The van der Waals surface area contributed by atoms with Crippen LogP contribution in [-0.4, -0.2) is 111 Å². The summed E-state index contributed by atoms with van der Waals surface area (Å²) >= 11 is 0. The lowest BCUT2D eigenvalue weighted by atomic mass is 9.77. The van der Waals surface area contributed by atoms with Gasteiger partial charge in [0.25, 0.3) is 0 Å². The molecule has 2 saturated heterocycles. The number of allylic oxidation sites excluding steroid dienone is 4. The second kappa shape index (κ2) is 23.8. The molecule has 17 atom stereocenters. The van der Waals surface area contributed by atoms with E-state index in [2.05, 4.69) is 19.9 Å². The fraction of sp³-hybridized carbons (Fsp3) is 0.844. The zero-order valence-electron chi connectivity index (χ0n) is 35.6. The van der Waals surface area contributed by atoms with Gasteiger partial charge in [-0.15, -0.1) is 0 Å². The Morgan fingerprint density at radius 1 is 0.857 bits per heavy atom. The van der Waals surface area contributed by atoms with Crippen LogP contribution in [-0.2, 0) is 23.7 Å². The Morgan fingerprint density at radius 2 is 1.55 bits per heavy atom. The molecule has 2 bridgehead atoms. The van der Waals surface area contributed by atoms with Crippen LogP contribution in [0.2, 0.25) is 0 Å². The van der Waals surface area contributed by atoms with E-state index in [0.29, 0.717) is 51.4 Å². The van der Waals surface area contributed by atoms with Crippen LogP contribution in [0.25, 0.3) is 0 Å². The average molecular weight is 795 g/mol. The van der Waals surface area contributed by atoms with Gasteiger partial charge in [0, 0.05) is 49.7 Å². The molecule has 3 aliphatic heterocycles. The normalized spacial score (nSPS) is 43.3. The van der Waals surface area contributed by atoms with Crippen molar-refractivity contribution in [2.75, 3.05) is 7.11 Å². The molecule has 1 spiro atoms. The van der Waals surface area contributed by atoms with Crippen molar-refractivity contribution in [1.82, 2.24) is 0 Å². The fourth-order valence-electron chi connectivity index (χ4n) is 8.75. The van der Waals surface area contributed by atoms with Crippen molar-refractivity contribution in [1.29, 1.82) is 0 Å². The number of ether oxygens (including phenoxy) is 4. The minimum absolute atomic E-state index is 0.181. The number of carbonyl (C=O) groups is 1. The predicted molar refractivity (Wildman–Crippen MR) is 217 cm³/mol. The summed E-state index contributed by atoms with van der Waals surface area (Å²) in [5.74, 6) is -2.70. The molecular formula is C45H78O11. The monoisotopic (exact) mass is 795 g/mol. The highest BCUT2D eigenvalue weighted by molar-refractivity contribution is 5.82. The van der Waals surface area contributed by atoms with Crippen molar-refractivity contribution in [3.8, 4) is 0 Å². The van der Waals surface area contributed by atoms with E-state index in [4.69, 9.17) is 18.9 Å². The molecule has 0 aromatic rings. The molecule has 0 aromatic carbocycles. The number of aliphatic hydroxyl groups is 6. The summed E-state index contributed by atoms with van der Waals surface area (Å²) < 4.78 is 25.7. The van der Waals surface area contributed by atoms with Gasteiger partial charge in [-0.1, -0.05) is 65.0 Å². The highest BCUT2D eigenvalue weighted by atomic mass is 16.7. The Balaban J connectivity index is 1.97. The predicted octanol–water partition coefficient (Wildman–Crippen LogP) is 6.16. The summed E-state index contributed by atoms with van der Waals surface area (Å²) in [7, 11) is 1.52. The molecule has 0 unspecified atom stereocenters. The molecule has 0 saturated carbocycles. The summed E-state index contributed by atoms with van der Waals surface area (Å²) in [5.41, 5.74) is 0. The molecule has 6 N–H and O–H groups in total. The van der Waals surface area contributed by atoms with Crippen LogP contribution in [0, 0.1) is 35.5 Å². The molecule has 11 heteroatoms. The third-order valence-corrected chi connectivity index (χ3v) is 13.0. The number of hydrogen-bond acceptors (Lipinski definition) is 11. The molecule has 324 valence electrons. The van der Waals surface area contributed by atoms with Crippen LogP contribution >= 0.6 is 0 Å². The average Bonchev–Trinajstić information content (AvgIpc) is 3.15. The zero-order valence-corrected chi connectivity index (χ0v) is 35.6. The summed E-state index contributed by atoms with van der Waals surface area (Å²) in [6.07, 6.45) is 12.5. The topological polar surface area (TPSA) is 175 Å². The van der Waals surface area contributed by atoms with Crippen LogP contribution in [0.5, 0.6) is 0 Å². The second-order valence-electron chi connectivity index (χ2n) is 17.7. The third kappa shape index (κ3) is 15.2. The highest BCUT2D eigenvalue weighted by Gasteiger charge is 2.52. The van der Waals surface area contributed by atoms with Gasteiger partial charge in [-0.3, -0.25) is 0 Å². The van der Waals surface area contributed by atoms with Gasteiger partial charge >= 0.3 is 5.97 Å².